The molecule has 1 amide bonds. The molecule has 1 aromatic carbocycles. The summed E-state index contributed by atoms with van der Waals surface area (Å²) in [5, 5.41) is 2.53. The van der Waals surface area contributed by atoms with Gasteiger partial charge < -0.3 is 19.5 Å². The van der Waals surface area contributed by atoms with Crippen molar-refractivity contribution < 1.29 is 28.2 Å². The van der Waals surface area contributed by atoms with Crippen molar-refractivity contribution in [2.24, 2.45) is 23.2 Å². The lowest BCUT2D eigenvalue weighted by Crippen LogP contribution is -2.48. The second-order valence-corrected chi connectivity index (χ2v) is 10.9. The second-order valence-electron chi connectivity index (χ2n) is 10.9. The van der Waals surface area contributed by atoms with Crippen molar-refractivity contribution in [3.05, 3.63) is 29.1 Å². The van der Waals surface area contributed by atoms with Crippen molar-refractivity contribution in [1.82, 2.24) is 5.32 Å². The van der Waals surface area contributed by atoms with Crippen LogP contribution in [0.3, 0.4) is 0 Å². The number of amides is 1. The second kappa shape index (κ2) is 8.90. The minimum Gasteiger partial charge on any atom is -0.493 e. The molecule has 0 radical (unpaired) electrons. The fourth-order valence-corrected chi connectivity index (χ4v) is 7.00. The molecule has 6 nitrogen and oxygen atoms in total. The number of halogens is 1. The van der Waals surface area contributed by atoms with E-state index < -0.39 is 23.7 Å². The monoisotopic (exact) mass is 459 g/mol. The van der Waals surface area contributed by atoms with E-state index in [0.29, 0.717) is 18.3 Å². The van der Waals surface area contributed by atoms with Crippen LogP contribution in [0.1, 0.15) is 73.2 Å². The van der Waals surface area contributed by atoms with E-state index in [4.69, 9.17) is 14.2 Å². The van der Waals surface area contributed by atoms with Crippen molar-refractivity contribution in [1.29, 1.82) is 0 Å². The van der Waals surface area contributed by atoms with Gasteiger partial charge in [-0.3, -0.25) is 4.79 Å². The van der Waals surface area contributed by atoms with Crippen LogP contribution in [0.15, 0.2) is 12.1 Å². The SMILES string of the molecule is COC[C@H](NC(=O)c1cc(C2CC2)c(OCC23CC4CC(CC(C4)C2)C3)cc1F)C(=O)OC. The number of carbonyl (C=O) groups excluding carboxylic acids is 2. The molecule has 5 aliphatic rings. The fraction of sp³-hybridized carbons (Fsp3) is 0.692. The lowest BCUT2D eigenvalue weighted by atomic mass is 9.50. The van der Waals surface area contributed by atoms with Crippen molar-refractivity contribution in [2.45, 2.75) is 63.3 Å². The maximum absolute atomic E-state index is 15.1. The summed E-state index contributed by atoms with van der Waals surface area (Å²) >= 11 is 0. The molecule has 0 saturated heterocycles. The van der Waals surface area contributed by atoms with E-state index in [0.717, 1.165) is 36.2 Å². The van der Waals surface area contributed by atoms with E-state index in [-0.39, 0.29) is 17.6 Å². The van der Waals surface area contributed by atoms with E-state index in [1.807, 2.05) is 0 Å². The van der Waals surface area contributed by atoms with Crippen LogP contribution in [-0.2, 0) is 14.3 Å². The van der Waals surface area contributed by atoms with Crippen molar-refractivity contribution >= 4 is 11.9 Å². The largest absolute Gasteiger partial charge is 0.493 e. The van der Waals surface area contributed by atoms with Crippen LogP contribution in [0.5, 0.6) is 5.75 Å². The molecule has 4 bridgehead atoms. The molecule has 5 fully saturated rings. The highest BCUT2D eigenvalue weighted by molar-refractivity contribution is 5.97. The van der Waals surface area contributed by atoms with Crippen LogP contribution in [0.4, 0.5) is 4.39 Å². The minimum atomic E-state index is -0.997. The Morgan fingerprint density at radius 3 is 2.27 bits per heavy atom. The van der Waals surface area contributed by atoms with Crippen molar-refractivity contribution in [2.75, 3.05) is 27.4 Å². The predicted molar refractivity (Wildman–Crippen MR) is 120 cm³/mol. The molecule has 1 aromatic rings. The lowest BCUT2D eigenvalue weighted by molar-refractivity contribution is -0.144. The van der Waals surface area contributed by atoms with Crippen molar-refractivity contribution in [3.63, 3.8) is 0 Å². The summed E-state index contributed by atoms with van der Waals surface area (Å²) in [6.45, 7) is 0.585. The molecular formula is C26H34FNO5. The average Bonchev–Trinajstić information content (AvgIpc) is 3.61. The normalized spacial score (nSPS) is 30.7. The summed E-state index contributed by atoms with van der Waals surface area (Å²) < 4.78 is 31.1. The lowest BCUT2D eigenvalue weighted by Gasteiger charge is -2.56. The fourth-order valence-electron chi connectivity index (χ4n) is 7.00. The zero-order valence-corrected chi connectivity index (χ0v) is 19.5. The molecule has 7 heteroatoms. The summed E-state index contributed by atoms with van der Waals surface area (Å²) in [4.78, 5) is 24.7. The Bertz CT molecular complexity index is 892. The van der Waals surface area contributed by atoms with E-state index >= 15 is 4.39 Å². The summed E-state index contributed by atoms with van der Waals surface area (Å²) in [6.07, 6.45) is 9.84. The Labute approximate surface area is 194 Å². The first kappa shape index (κ1) is 22.6. The Morgan fingerprint density at radius 2 is 1.73 bits per heavy atom. The van der Waals surface area contributed by atoms with Gasteiger partial charge in [0.15, 0.2) is 6.04 Å². The Morgan fingerprint density at radius 1 is 1.09 bits per heavy atom. The molecule has 33 heavy (non-hydrogen) atoms. The Balaban J connectivity index is 1.33. The molecule has 0 spiro atoms. The molecular weight excluding hydrogens is 425 g/mol. The van der Waals surface area contributed by atoms with Crippen LogP contribution in [0.2, 0.25) is 0 Å². The first-order chi connectivity index (χ1) is 15.9. The first-order valence-corrected chi connectivity index (χ1v) is 12.2. The highest BCUT2D eigenvalue weighted by atomic mass is 19.1. The topological polar surface area (TPSA) is 73.9 Å². The standard InChI is InChI=1S/C26H34FNO5/c1-31-13-22(25(30)32-2)28-24(29)20-8-19(18-3-4-18)23(9-21(20)27)33-14-26-10-15-5-16(11-26)7-17(6-15)12-26/h8-9,15-18,22H,3-7,10-14H2,1-2H3,(H,28,29)/t15?,16?,17?,22-,26?/m0/s1. The third-order valence-corrected chi connectivity index (χ3v) is 8.18. The van der Waals surface area contributed by atoms with E-state index in [2.05, 4.69) is 5.32 Å². The summed E-state index contributed by atoms with van der Waals surface area (Å²) in [5.74, 6) is 1.43. The van der Waals surface area contributed by atoms with Gasteiger partial charge in [-0.25, -0.2) is 9.18 Å². The smallest absolute Gasteiger partial charge is 0.330 e. The molecule has 6 rings (SSSR count). The van der Waals surface area contributed by atoms with Gasteiger partial charge in [0, 0.05) is 18.6 Å². The molecule has 1 N–H and O–H groups in total. The predicted octanol–water partition coefficient (Wildman–Crippen LogP) is 4.22. The third-order valence-electron chi connectivity index (χ3n) is 8.18. The Hall–Kier alpha value is -2.15. The van der Waals surface area contributed by atoms with E-state index in [1.54, 1.807) is 6.07 Å². The highest BCUT2D eigenvalue weighted by Gasteiger charge is 2.51. The molecule has 0 unspecified atom stereocenters. The number of ether oxygens (including phenoxy) is 3. The number of benzene rings is 1. The van der Waals surface area contributed by atoms with Crippen LogP contribution in [0.25, 0.3) is 0 Å². The van der Waals surface area contributed by atoms with Crippen LogP contribution < -0.4 is 10.1 Å². The number of hydrogen-bond donors (Lipinski definition) is 1. The van der Waals surface area contributed by atoms with Gasteiger partial charge in [0.1, 0.15) is 11.6 Å². The van der Waals surface area contributed by atoms with Gasteiger partial charge in [0.05, 0.1) is 25.9 Å². The summed E-state index contributed by atoms with van der Waals surface area (Å²) in [5.41, 5.74) is 1.05. The molecule has 0 aromatic heterocycles. The molecule has 5 saturated carbocycles. The zero-order valence-electron chi connectivity index (χ0n) is 19.5. The molecule has 1 atom stereocenters. The first-order valence-electron chi connectivity index (χ1n) is 12.2. The molecule has 5 aliphatic carbocycles. The summed E-state index contributed by atoms with van der Waals surface area (Å²) in [7, 11) is 2.66. The van der Waals surface area contributed by atoms with Crippen LogP contribution in [-0.4, -0.2) is 45.4 Å². The third kappa shape index (κ3) is 4.61. The number of rotatable bonds is 9. The molecule has 180 valence electrons. The average molecular weight is 460 g/mol. The van der Waals surface area contributed by atoms with E-state index in [9.17, 15) is 9.59 Å². The van der Waals surface area contributed by atoms with Gasteiger partial charge in [-0.1, -0.05) is 0 Å². The minimum absolute atomic E-state index is 0.0538. The number of esters is 1. The quantitative estimate of drug-likeness (QED) is 0.560. The van der Waals surface area contributed by atoms with Gasteiger partial charge in [-0.2, -0.15) is 0 Å². The zero-order chi connectivity index (χ0) is 23.2. The van der Waals surface area contributed by atoms with Crippen LogP contribution >= 0.6 is 0 Å². The highest BCUT2D eigenvalue weighted by Crippen LogP contribution is 2.60. The number of nitrogens with one attached hydrogen (secondary N) is 1. The summed E-state index contributed by atoms with van der Waals surface area (Å²) in [6, 6.07) is 1.98. The van der Waals surface area contributed by atoms with Gasteiger partial charge in [0.2, 0.25) is 0 Å². The van der Waals surface area contributed by atoms with Gasteiger partial charge in [0.25, 0.3) is 5.91 Å². The van der Waals surface area contributed by atoms with Crippen LogP contribution in [0, 0.1) is 29.0 Å². The molecule has 0 heterocycles. The van der Waals surface area contributed by atoms with Crippen molar-refractivity contribution in [3.8, 4) is 5.75 Å². The maximum atomic E-state index is 15.1. The Kier molecular flexibility index (Phi) is 6.10. The van der Waals surface area contributed by atoms with Gasteiger partial charge >= 0.3 is 5.97 Å². The maximum Gasteiger partial charge on any atom is 0.330 e. The van der Waals surface area contributed by atoms with Gasteiger partial charge in [-0.05, 0) is 86.7 Å². The number of carbonyl (C=O) groups is 2. The number of methoxy groups -OCH3 is 2. The van der Waals surface area contributed by atoms with Gasteiger partial charge in [-0.15, -0.1) is 0 Å². The number of hydrogen-bond acceptors (Lipinski definition) is 5. The molecule has 0 aliphatic heterocycles. The van der Waals surface area contributed by atoms with E-state index in [1.165, 1.54) is 58.8 Å².